The highest BCUT2D eigenvalue weighted by Gasteiger charge is 2.46. The monoisotopic (exact) mass is 432 g/mol. The molecule has 3 aromatic rings. The Balaban J connectivity index is 1.60. The third kappa shape index (κ3) is 3.51. The van der Waals surface area contributed by atoms with Gasteiger partial charge >= 0.3 is 0 Å². The first-order valence-corrected chi connectivity index (χ1v) is 11.0. The van der Waals surface area contributed by atoms with E-state index in [2.05, 4.69) is 4.98 Å². The van der Waals surface area contributed by atoms with Crippen LogP contribution in [-0.4, -0.2) is 33.3 Å². The zero-order valence-corrected chi connectivity index (χ0v) is 17.5. The van der Waals surface area contributed by atoms with Crippen molar-refractivity contribution >= 4 is 28.8 Å². The topological polar surface area (TPSA) is 79.7 Å². The minimum Gasteiger partial charge on any atom is -0.507 e. The van der Waals surface area contributed by atoms with Gasteiger partial charge in [-0.05, 0) is 65.7 Å². The van der Waals surface area contributed by atoms with E-state index in [1.807, 2.05) is 41.8 Å². The molecule has 6 nitrogen and oxygen atoms in total. The van der Waals surface area contributed by atoms with Crippen LogP contribution in [0.4, 0.5) is 0 Å². The summed E-state index contributed by atoms with van der Waals surface area (Å²) in [5.41, 5.74) is 2.50. The van der Waals surface area contributed by atoms with Gasteiger partial charge in [-0.2, -0.15) is 0 Å². The molecule has 1 atom stereocenters. The molecule has 1 aromatic carbocycles. The fourth-order valence-electron chi connectivity index (χ4n) is 4.13. The number of aryl methyl sites for hydroxylation is 1. The predicted molar refractivity (Wildman–Crippen MR) is 117 cm³/mol. The summed E-state index contributed by atoms with van der Waals surface area (Å²) in [6, 6.07) is 12.2. The van der Waals surface area contributed by atoms with Crippen molar-refractivity contribution in [3.05, 3.63) is 87.4 Å². The second-order valence-corrected chi connectivity index (χ2v) is 8.55. The van der Waals surface area contributed by atoms with Crippen LogP contribution in [0.1, 0.15) is 34.0 Å². The number of likely N-dealkylation sites (tertiary alicyclic amines) is 1. The number of nitrogens with zero attached hydrogens (tertiary/aromatic N) is 2. The largest absolute Gasteiger partial charge is 0.507 e. The number of ketones is 1. The van der Waals surface area contributed by atoms with E-state index >= 15 is 0 Å². The van der Waals surface area contributed by atoms with Crippen LogP contribution in [0.5, 0.6) is 5.75 Å². The lowest BCUT2D eigenvalue weighted by atomic mass is 9.97. The van der Waals surface area contributed by atoms with Crippen LogP contribution in [0.2, 0.25) is 0 Å². The van der Waals surface area contributed by atoms with E-state index in [9.17, 15) is 14.7 Å². The van der Waals surface area contributed by atoms with Crippen LogP contribution in [0.3, 0.4) is 0 Å². The van der Waals surface area contributed by atoms with Crippen LogP contribution in [0, 0.1) is 0 Å². The standard InChI is InChI=1S/C24H20N2O4S/c27-22(17-5-6-18-16(13-17)3-1-11-30-18)20-21(19-4-2-12-31-19)26(24(29)23(20)28)14-15-7-9-25-10-8-15/h2,4-10,12-13,21,27H,1,3,11,14H2/b22-20-. The van der Waals surface area contributed by atoms with Crippen molar-refractivity contribution < 1.29 is 19.4 Å². The van der Waals surface area contributed by atoms with E-state index in [1.165, 1.54) is 16.2 Å². The van der Waals surface area contributed by atoms with E-state index in [-0.39, 0.29) is 17.9 Å². The minimum atomic E-state index is -0.668. The second kappa shape index (κ2) is 8.00. The number of Topliss-reactive ketones (excluding diaryl/α,β-unsaturated/α-hetero) is 1. The second-order valence-electron chi connectivity index (χ2n) is 7.57. The molecule has 0 bridgehead atoms. The number of benzene rings is 1. The molecule has 4 heterocycles. The molecule has 5 rings (SSSR count). The molecule has 0 radical (unpaired) electrons. The number of thiophene rings is 1. The summed E-state index contributed by atoms with van der Waals surface area (Å²) in [5, 5.41) is 13.1. The molecular weight excluding hydrogens is 412 g/mol. The third-order valence-electron chi connectivity index (χ3n) is 5.64. The number of amides is 1. The number of aliphatic hydroxyl groups is 1. The van der Waals surface area contributed by atoms with Crippen molar-refractivity contribution in [3.8, 4) is 5.75 Å². The summed E-state index contributed by atoms with van der Waals surface area (Å²) in [6.07, 6.45) is 5.06. The summed E-state index contributed by atoms with van der Waals surface area (Å²) in [5.74, 6) is -0.630. The van der Waals surface area contributed by atoms with Crippen molar-refractivity contribution in [1.82, 2.24) is 9.88 Å². The molecule has 1 N–H and O–H groups in total. The molecule has 2 aliphatic heterocycles. The maximum absolute atomic E-state index is 13.1. The lowest BCUT2D eigenvalue weighted by Gasteiger charge is -2.24. The molecule has 1 fully saturated rings. The Kier molecular flexibility index (Phi) is 5.03. The Bertz CT molecular complexity index is 1170. The molecule has 31 heavy (non-hydrogen) atoms. The van der Waals surface area contributed by atoms with Gasteiger partial charge in [-0.1, -0.05) is 6.07 Å². The number of carbonyl (C=O) groups is 2. The number of hydrogen-bond donors (Lipinski definition) is 1. The van der Waals surface area contributed by atoms with Gasteiger partial charge in [0.1, 0.15) is 11.5 Å². The van der Waals surface area contributed by atoms with E-state index in [0.717, 1.165) is 34.6 Å². The molecule has 1 unspecified atom stereocenters. The summed E-state index contributed by atoms with van der Waals surface area (Å²) in [4.78, 5) is 32.4. The zero-order valence-electron chi connectivity index (χ0n) is 16.7. The number of aromatic nitrogens is 1. The normalized spacial score (nSPS) is 19.9. The number of pyridine rings is 1. The van der Waals surface area contributed by atoms with Gasteiger partial charge in [-0.3, -0.25) is 14.6 Å². The Hall–Kier alpha value is -3.45. The number of carbonyl (C=O) groups excluding carboxylic acids is 2. The summed E-state index contributed by atoms with van der Waals surface area (Å²) in [7, 11) is 0. The van der Waals surface area contributed by atoms with Gasteiger partial charge in [-0.25, -0.2) is 0 Å². The minimum absolute atomic E-state index is 0.123. The lowest BCUT2D eigenvalue weighted by molar-refractivity contribution is -0.140. The van der Waals surface area contributed by atoms with Gasteiger partial charge in [0.25, 0.3) is 11.7 Å². The number of ether oxygens (including phenoxy) is 1. The molecule has 0 saturated carbocycles. The first kappa shape index (κ1) is 19.5. The third-order valence-corrected chi connectivity index (χ3v) is 6.56. The van der Waals surface area contributed by atoms with Gasteiger partial charge in [0.2, 0.25) is 0 Å². The first-order chi connectivity index (χ1) is 15.1. The Morgan fingerprint density at radius 1 is 1.19 bits per heavy atom. The average molecular weight is 433 g/mol. The predicted octanol–water partition coefficient (Wildman–Crippen LogP) is 4.09. The SMILES string of the molecule is O=C1C(=O)N(Cc2ccncc2)C(c2cccs2)/C1=C(/O)c1ccc2c(c1)CCCO2. The molecule has 1 saturated heterocycles. The van der Waals surface area contributed by atoms with Crippen molar-refractivity contribution in [1.29, 1.82) is 0 Å². The molecule has 1 amide bonds. The van der Waals surface area contributed by atoms with Crippen molar-refractivity contribution in [3.63, 3.8) is 0 Å². The highest BCUT2D eigenvalue weighted by atomic mass is 32.1. The van der Waals surface area contributed by atoms with Gasteiger partial charge < -0.3 is 14.7 Å². The van der Waals surface area contributed by atoms with Crippen molar-refractivity contribution in [2.24, 2.45) is 0 Å². The fourth-order valence-corrected chi connectivity index (χ4v) is 4.98. The van der Waals surface area contributed by atoms with E-state index in [4.69, 9.17) is 4.74 Å². The highest BCUT2D eigenvalue weighted by Crippen LogP contribution is 2.42. The maximum Gasteiger partial charge on any atom is 0.295 e. The smallest absolute Gasteiger partial charge is 0.295 e. The van der Waals surface area contributed by atoms with Gasteiger partial charge in [0.05, 0.1) is 18.2 Å². The number of rotatable bonds is 4. The molecular formula is C24H20N2O4S. The van der Waals surface area contributed by atoms with Crippen LogP contribution >= 0.6 is 11.3 Å². The molecule has 156 valence electrons. The Labute approximate surface area is 183 Å². The molecule has 0 spiro atoms. The van der Waals surface area contributed by atoms with Crippen LogP contribution in [0.15, 0.2) is 65.8 Å². The fraction of sp³-hybridized carbons (Fsp3) is 0.208. The van der Waals surface area contributed by atoms with Gasteiger partial charge in [0.15, 0.2) is 0 Å². The average Bonchev–Trinajstić information content (AvgIpc) is 3.42. The van der Waals surface area contributed by atoms with Crippen molar-refractivity contribution in [2.45, 2.75) is 25.4 Å². The van der Waals surface area contributed by atoms with E-state index < -0.39 is 17.7 Å². The first-order valence-electron chi connectivity index (χ1n) is 10.1. The summed E-state index contributed by atoms with van der Waals surface area (Å²) < 4.78 is 5.65. The van der Waals surface area contributed by atoms with E-state index in [0.29, 0.717) is 12.2 Å². The summed E-state index contributed by atoms with van der Waals surface area (Å²) >= 11 is 1.45. The number of hydrogen-bond acceptors (Lipinski definition) is 6. The lowest BCUT2D eigenvalue weighted by Crippen LogP contribution is -2.28. The van der Waals surface area contributed by atoms with Crippen LogP contribution in [0.25, 0.3) is 5.76 Å². The molecule has 7 heteroatoms. The van der Waals surface area contributed by atoms with Crippen LogP contribution < -0.4 is 4.74 Å². The van der Waals surface area contributed by atoms with Gasteiger partial charge in [-0.15, -0.1) is 11.3 Å². The molecule has 2 aromatic heterocycles. The van der Waals surface area contributed by atoms with Crippen LogP contribution in [-0.2, 0) is 22.6 Å². The van der Waals surface area contributed by atoms with E-state index in [1.54, 1.807) is 18.5 Å². The summed E-state index contributed by atoms with van der Waals surface area (Å²) in [6.45, 7) is 0.932. The highest BCUT2D eigenvalue weighted by molar-refractivity contribution is 7.10. The molecule has 0 aliphatic carbocycles. The quantitative estimate of drug-likeness (QED) is 0.382. The maximum atomic E-state index is 13.1. The van der Waals surface area contributed by atoms with Crippen molar-refractivity contribution in [2.75, 3.05) is 6.61 Å². The Morgan fingerprint density at radius 2 is 2.03 bits per heavy atom. The Morgan fingerprint density at radius 3 is 2.81 bits per heavy atom. The molecule has 2 aliphatic rings. The zero-order chi connectivity index (χ0) is 21.4. The number of aliphatic hydroxyl groups excluding tert-OH is 1. The van der Waals surface area contributed by atoms with Gasteiger partial charge in [0, 0.05) is 29.4 Å². The number of fused-ring (bicyclic) bond motifs is 1.